The molecular formula is C13H29NO. The van der Waals surface area contributed by atoms with Crippen LogP contribution in [0.2, 0.25) is 0 Å². The molecule has 0 aromatic heterocycles. The van der Waals surface area contributed by atoms with Crippen LogP contribution >= 0.6 is 0 Å². The summed E-state index contributed by atoms with van der Waals surface area (Å²) in [5, 5.41) is 3.59. The Balaban J connectivity index is 5.00. The van der Waals surface area contributed by atoms with E-state index in [1.54, 1.807) is 0 Å². The maximum absolute atomic E-state index is 5.81. The van der Waals surface area contributed by atoms with Crippen molar-refractivity contribution in [2.75, 3.05) is 13.7 Å². The van der Waals surface area contributed by atoms with E-state index in [2.05, 4.69) is 46.9 Å². The summed E-state index contributed by atoms with van der Waals surface area (Å²) in [6.45, 7) is 14.4. The zero-order valence-corrected chi connectivity index (χ0v) is 11.6. The van der Waals surface area contributed by atoms with E-state index in [1.807, 2.05) is 7.11 Å². The first-order chi connectivity index (χ1) is 6.87. The van der Waals surface area contributed by atoms with Gasteiger partial charge < -0.3 is 10.1 Å². The molecule has 2 heteroatoms. The standard InChI is InChI=1S/C13H29NO/c1-8-13(9-2,15-7)11(14-10-3)12(4,5)6/h11,14H,8-10H2,1-7H3. The third-order valence-corrected chi connectivity index (χ3v) is 3.40. The van der Waals surface area contributed by atoms with Crippen LogP contribution in [0, 0.1) is 5.41 Å². The lowest BCUT2D eigenvalue weighted by atomic mass is 9.73. The Bertz CT molecular complexity index is 160. The van der Waals surface area contributed by atoms with Gasteiger partial charge in [0.15, 0.2) is 0 Å². The number of hydrogen-bond donors (Lipinski definition) is 1. The van der Waals surface area contributed by atoms with Gasteiger partial charge in [-0.2, -0.15) is 0 Å². The van der Waals surface area contributed by atoms with Gasteiger partial charge in [-0.05, 0) is 24.8 Å². The lowest BCUT2D eigenvalue weighted by Gasteiger charge is -2.46. The Morgan fingerprint density at radius 1 is 1.07 bits per heavy atom. The summed E-state index contributed by atoms with van der Waals surface area (Å²) in [6, 6.07) is 0.398. The monoisotopic (exact) mass is 215 g/mol. The summed E-state index contributed by atoms with van der Waals surface area (Å²) in [5.41, 5.74) is 0.187. The average Bonchev–Trinajstić information content (AvgIpc) is 2.18. The van der Waals surface area contributed by atoms with E-state index in [0.29, 0.717) is 6.04 Å². The molecule has 0 saturated heterocycles. The Labute approximate surface area is 95.8 Å². The fraction of sp³-hybridized carbons (Fsp3) is 1.00. The van der Waals surface area contributed by atoms with Crippen molar-refractivity contribution in [3.05, 3.63) is 0 Å². The van der Waals surface area contributed by atoms with E-state index in [1.165, 1.54) is 0 Å². The Morgan fingerprint density at radius 3 is 1.73 bits per heavy atom. The fourth-order valence-electron chi connectivity index (χ4n) is 2.55. The van der Waals surface area contributed by atoms with Crippen molar-refractivity contribution < 1.29 is 4.74 Å². The Morgan fingerprint density at radius 2 is 1.53 bits per heavy atom. The number of likely N-dealkylation sites (N-methyl/N-ethyl adjacent to an activating group) is 1. The predicted octanol–water partition coefficient (Wildman–Crippen LogP) is 3.22. The summed E-state index contributed by atoms with van der Waals surface area (Å²) >= 11 is 0. The second-order valence-electron chi connectivity index (χ2n) is 5.33. The van der Waals surface area contributed by atoms with Crippen molar-refractivity contribution in [3.63, 3.8) is 0 Å². The molecule has 1 unspecified atom stereocenters. The molecule has 0 aliphatic rings. The van der Waals surface area contributed by atoms with E-state index >= 15 is 0 Å². The molecule has 0 rings (SSSR count). The fourth-order valence-corrected chi connectivity index (χ4v) is 2.55. The van der Waals surface area contributed by atoms with Gasteiger partial charge in [-0.25, -0.2) is 0 Å². The van der Waals surface area contributed by atoms with Crippen LogP contribution in [-0.4, -0.2) is 25.3 Å². The minimum absolute atomic E-state index is 0.0335. The summed E-state index contributed by atoms with van der Waals surface area (Å²) in [4.78, 5) is 0. The molecule has 0 bridgehead atoms. The minimum Gasteiger partial charge on any atom is -0.377 e. The topological polar surface area (TPSA) is 21.3 Å². The van der Waals surface area contributed by atoms with E-state index in [4.69, 9.17) is 4.74 Å². The maximum Gasteiger partial charge on any atom is 0.0830 e. The molecule has 0 fully saturated rings. The molecule has 0 spiro atoms. The molecule has 2 nitrogen and oxygen atoms in total. The highest BCUT2D eigenvalue weighted by Crippen LogP contribution is 2.34. The predicted molar refractivity (Wildman–Crippen MR) is 67.2 cm³/mol. The van der Waals surface area contributed by atoms with Crippen LogP contribution in [0.25, 0.3) is 0 Å². The molecule has 0 saturated carbocycles. The highest BCUT2D eigenvalue weighted by Gasteiger charge is 2.42. The number of methoxy groups -OCH3 is 1. The molecule has 1 N–H and O–H groups in total. The first-order valence-corrected chi connectivity index (χ1v) is 6.16. The highest BCUT2D eigenvalue weighted by molar-refractivity contribution is 4.97. The van der Waals surface area contributed by atoms with Gasteiger partial charge in [0.2, 0.25) is 0 Å². The lowest BCUT2D eigenvalue weighted by Crippen LogP contribution is -2.57. The van der Waals surface area contributed by atoms with Crippen LogP contribution in [0.5, 0.6) is 0 Å². The normalized spacial score (nSPS) is 15.4. The molecule has 0 heterocycles. The number of ether oxygens (including phenoxy) is 1. The largest absolute Gasteiger partial charge is 0.377 e. The Hall–Kier alpha value is -0.0800. The number of nitrogens with one attached hydrogen (secondary N) is 1. The van der Waals surface area contributed by atoms with E-state index in [-0.39, 0.29) is 11.0 Å². The molecule has 0 amide bonds. The molecule has 0 radical (unpaired) electrons. The number of rotatable bonds is 6. The third-order valence-electron chi connectivity index (χ3n) is 3.40. The van der Waals surface area contributed by atoms with Gasteiger partial charge >= 0.3 is 0 Å². The maximum atomic E-state index is 5.81. The van der Waals surface area contributed by atoms with Crippen molar-refractivity contribution in [1.29, 1.82) is 0 Å². The van der Waals surface area contributed by atoms with Crippen LogP contribution in [0.1, 0.15) is 54.4 Å². The SMILES string of the molecule is CCNC(C(C)(C)C)C(CC)(CC)OC. The number of hydrogen-bond acceptors (Lipinski definition) is 2. The van der Waals surface area contributed by atoms with Crippen LogP contribution in [0.3, 0.4) is 0 Å². The van der Waals surface area contributed by atoms with Gasteiger partial charge in [0.25, 0.3) is 0 Å². The summed E-state index contributed by atoms with van der Waals surface area (Å²) in [7, 11) is 1.84. The molecule has 0 aromatic carbocycles. The van der Waals surface area contributed by atoms with Crippen molar-refractivity contribution >= 4 is 0 Å². The van der Waals surface area contributed by atoms with Gasteiger partial charge in [-0.15, -0.1) is 0 Å². The molecular weight excluding hydrogens is 186 g/mol. The van der Waals surface area contributed by atoms with Crippen LogP contribution in [0.15, 0.2) is 0 Å². The second-order valence-corrected chi connectivity index (χ2v) is 5.33. The average molecular weight is 215 g/mol. The van der Waals surface area contributed by atoms with Gasteiger partial charge in [0, 0.05) is 13.2 Å². The van der Waals surface area contributed by atoms with Gasteiger partial charge in [-0.3, -0.25) is 0 Å². The quantitative estimate of drug-likeness (QED) is 0.734. The van der Waals surface area contributed by atoms with Crippen molar-refractivity contribution in [1.82, 2.24) is 5.32 Å². The molecule has 15 heavy (non-hydrogen) atoms. The third kappa shape index (κ3) is 3.46. The van der Waals surface area contributed by atoms with Crippen LogP contribution < -0.4 is 5.32 Å². The van der Waals surface area contributed by atoms with Gasteiger partial charge in [0.05, 0.1) is 5.60 Å². The van der Waals surface area contributed by atoms with Gasteiger partial charge in [-0.1, -0.05) is 41.5 Å². The molecule has 0 aliphatic heterocycles. The van der Waals surface area contributed by atoms with Crippen molar-refractivity contribution in [2.24, 2.45) is 5.41 Å². The molecule has 0 aromatic rings. The first kappa shape index (κ1) is 14.9. The minimum atomic E-state index is -0.0335. The highest BCUT2D eigenvalue weighted by atomic mass is 16.5. The molecule has 92 valence electrons. The smallest absolute Gasteiger partial charge is 0.0830 e. The van der Waals surface area contributed by atoms with Gasteiger partial charge in [0.1, 0.15) is 0 Å². The first-order valence-electron chi connectivity index (χ1n) is 6.16. The summed E-state index contributed by atoms with van der Waals surface area (Å²) < 4.78 is 5.81. The Kier molecular flexibility index (Phi) is 5.82. The van der Waals surface area contributed by atoms with Crippen molar-refractivity contribution in [2.45, 2.75) is 66.0 Å². The molecule has 0 aliphatic carbocycles. The second kappa shape index (κ2) is 5.86. The van der Waals surface area contributed by atoms with E-state index in [0.717, 1.165) is 19.4 Å². The zero-order chi connectivity index (χ0) is 12.1. The van der Waals surface area contributed by atoms with Crippen LogP contribution in [0.4, 0.5) is 0 Å². The van der Waals surface area contributed by atoms with Crippen molar-refractivity contribution in [3.8, 4) is 0 Å². The van der Waals surface area contributed by atoms with E-state index < -0.39 is 0 Å². The van der Waals surface area contributed by atoms with Crippen LogP contribution in [-0.2, 0) is 4.74 Å². The molecule has 1 atom stereocenters. The lowest BCUT2D eigenvalue weighted by molar-refractivity contribution is -0.0752. The summed E-state index contributed by atoms with van der Waals surface area (Å²) in [6.07, 6.45) is 2.10. The zero-order valence-electron chi connectivity index (χ0n) is 11.6. The summed E-state index contributed by atoms with van der Waals surface area (Å²) in [5.74, 6) is 0. The van der Waals surface area contributed by atoms with E-state index in [9.17, 15) is 0 Å².